The third-order valence-electron chi connectivity index (χ3n) is 10.1. The monoisotopic (exact) mass is 628 g/mol. The molecule has 0 saturated heterocycles. The summed E-state index contributed by atoms with van der Waals surface area (Å²) in [6.07, 6.45) is 34.1. The lowest BCUT2D eigenvalue weighted by molar-refractivity contribution is -0.710. The van der Waals surface area contributed by atoms with Crippen molar-refractivity contribution >= 4 is 0 Å². The van der Waals surface area contributed by atoms with Crippen LogP contribution >= 0.6 is 0 Å². The Morgan fingerprint density at radius 2 is 1.00 bits per heavy atom. The molecule has 46 heavy (non-hydrogen) atoms. The molecule has 2 nitrogen and oxygen atoms in total. The Hall–Kier alpha value is -2.35. The zero-order valence-corrected chi connectivity index (χ0v) is 30.5. The lowest BCUT2D eigenvalue weighted by atomic mass is 9.96. The van der Waals surface area contributed by atoms with E-state index in [0.717, 1.165) is 25.9 Å². The predicted molar refractivity (Wildman–Crippen MR) is 201 cm³/mol. The van der Waals surface area contributed by atoms with Crippen molar-refractivity contribution in [3.05, 3.63) is 89.5 Å². The summed E-state index contributed by atoms with van der Waals surface area (Å²) >= 11 is 0. The summed E-state index contributed by atoms with van der Waals surface area (Å²) in [6.45, 7) is 9.32. The van der Waals surface area contributed by atoms with Crippen LogP contribution in [-0.2, 0) is 25.9 Å². The Bertz CT molecular complexity index is 1120. The average molecular weight is 628 g/mol. The van der Waals surface area contributed by atoms with Crippen LogP contribution in [-0.4, -0.2) is 4.57 Å². The van der Waals surface area contributed by atoms with Crippen molar-refractivity contribution in [2.24, 2.45) is 0 Å². The fourth-order valence-corrected chi connectivity index (χ4v) is 7.17. The van der Waals surface area contributed by atoms with Crippen molar-refractivity contribution in [1.29, 1.82) is 0 Å². The van der Waals surface area contributed by atoms with E-state index in [0.29, 0.717) is 5.92 Å². The molecule has 0 amide bonds. The fraction of sp³-hybridized carbons (Fsp3) is 0.659. The Morgan fingerprint density at radius 3 is 1.52 bits per heavy atom. The van der Waals surface area contributed by atoms with Crippen molar-refractivity contribution in [2.45, 2.75) is 187 Å². The number of hydrogen-bond donors (Lipinski definition) is 0. The number of aromatic nitrogens is 2. The molecule has 0 radical (unpaired) electrons. The van der Waals surface area contributed by atoms with Gasteiger partial charge < -0.3 is 0 Å². The van der Waals surface area contributed by atoms with Gasteiger partial charge in [-0.3, -0.25) is 0 Å². The molecule has 0 spiro atoms. The Morgan fingerprint density at radius 1 is 0.543 bits per heavy atom. The summed E-state index contributed by atoms with van der Waals surface area (Å²) in [6, 6.07) is 22.3. The zero-order valence-electron chi connectivity index (χ0n) is 30.5. The normalized spacial score (nSPS) is 12.2. The van der Waals surface area contributed by atoms with Gasteiger partial charge in [0.2, 0.25) is 0 Å². The number of hydrogen-bond acceptors (Lipinski definition) is 0. The minimum atomic E-state index is 0.517. The Balaban J connectivity index is 1.46. The Kier molecular flexibility index (Phi) is 20.5. The number of nitrogens with zero attached hydrogens (tertiary/aromatic N) is 2. The third kappa shape index (κ3) is 15.5. The maximum Gasteiger partial charge on any atom is 0.261 e. The molecular weight excluding hydrogens is 556 g/mol. The van der Waals surface area contributed by atoms with Crippen LogP contribution < -0.4 is 4.57 Å². The van der Waals surface area contributed by atoms with Gasteiger partial charge in [-0.05, 0) is 42.7 Å². The molecule has 0 N–H and O–H groups in total. The highest BCUT2D eigenvalue weighted by atomic mass is 15.2. The van der Waals surface area contributed by atoms with E-state index >= 15 is 0 Å². The number of imidazole rings is 1. The predicted octanol–water partition coefficient (Wildman–Crippen LogP) is 12.9. The highest BCUT2D eigenvalue weighted by Crippen LogP contribution is 2.21. The van der Waals surface area contributed by atoms with E-state index in [2.05, 4.69) is 96.8 Å². The number of benzene rings is 2. The summed E-state index contributed by atoms with van der Waals surface area (Å²) in [7, 11) is 0. The van der Waals surface area contributed by atoms with Crippen LogP contribution in [0.5, 0.6) is 0 Å². The van der Waals surface area contributed by atoms with Crippen LogP contribution in [0.2, 0.25) is 0 Å². The molecule has 2 aromatic carbocycles. The summed E-state index contributed by atoms with van der Waals surface area (Å²) in [4.78, 5) is 0. The van der Waals surface area contributed by atoms with Gasteiger partial charge in [-0.25, -0.2) is 9.13 Å². The lowest BCUT2D eigenvalue weighted by Crippen LogP contribution is -2.41. The summed E-state index contributed by atoms with van der Waals surface area (Å²) in [5, 5.41) is 0. The van der Waals surface area contributed by atoms with Crippen molar-refractivity contribution in [3.8, 4) is 0 Å². The van der Waals surface area contributed by atoms with Gasteiger partial charge in [0.1, 0.15) is 11.9 Å². The maximum absolute atomic E-state index is 2.72. The average Bonchev–Trinajstić information content (AvgIpc) is 3.39. The summed E-state index contributed by atoms with van der Waals surface area (Å²) in [5.41, 5.74) is 4.39. The van der Waals surface area contributed by atoms with Crippen molar-refractivity contribution < 1.29 is 4.57 Å². The van der Waals surface area contributed by atoms with E-state index in [1.165, 1.54) is 157 Å². The van der Waals surface area contributed by atoms with Gasteiger partial charge in [0.15, 0.2) is 0 Å². The van der Waals surface area contributed by atoms with Gasteiger partial charge in [0.25, 0.3) is 5.82 Å². The van der Waals surface area contributed by atoms with Crippen molar-refractivity contribution in [2.75, 3.05) is 0 Å². The second kappa shape index (κ2) is 24.8. The number of rotatable bonds is 28. The second-order valence-corrected chi connectivity index (χ2v) is 14.3. The summed E-state index contributed by atoms with van der Waals surface area (Å²) in [5.74, 6) is 2.03. The smallest absolute Gasteiger partial charge is 0.234 e. The van der Waals surface area contributed by atoms with Crippen LogP contribution in [0.15, 0.2) is 66.9 Å². The highest BCUT2D eigenvalue weighted by Gasteiger charge is 2.25. The molecule has 0 aliphatic rings. The van der Waals surface area contributed by atoms with Crippen LogP contribution in [0, 0.1) is 0 Å². The van der Waals surface area contributed by atoms with Gasteiger partial charge in [-0.15, -0.1) is 0 Å². The van der Waals surface area contributed by atoms with Crippen LogP contribution in [0.3, 0.4) is 0 Å². The molecule has 2 heteroatoms. The second-order valence-electron chi connectivity index (χ2n) is 14.3. The van der Waals surface area contributed by atoms with E-state index in [9.17, 15) is 0 Å². The molecule has 0 aliphatic heterocycles. The molecule has 3 aromatic rings. The molecule has 1 unspecified atom stereocenters. The van der Waals surface area contributed by atoms with Crippen LogP contribution in [0.1, 0.15) is 184 Å². The molecule has 1 aromatic heterocycles. The van der Waals surface area contributed by atoms with Crippen LogP contribution in [0.4, 0.5) is 0 Å². The summed E-state index contributed by atoms with van der Waals surface area (Å²) < 4.78 is 5.36. The molecule has 256 valence electrons. The first-order valence-corrected chi connectivity index (χ1v) is 19.9. The lowest BCUT2D eigenvalue weighted by Gasteiger charge is -2.12. The van der Waals surface area contributed by atoms with Gasteiger partial charge in [0, 0.05) is 6.42 Å². The van der Waals surface area contributed by atoms with Gasteiger partial charge in [0.05, 0.1) is 19.5 Å². The topological polar surface area (TPSA) is 8.81 Å². The first-order valence-electron chi connectivity index (χ1n) is 19.9. The van der Waals surface area contributed by atoms with Crippen LogP contribution in [0.25, 0.3) is 0 Å². The third-order valence-corrected chi connectivity index (χ3v) is 10.1. The Labute approximate surface area is 285 Å². The zero-order chi connectivity index (χ0) is 32.5. The number of aryl methyl sites for hydroxylation is 1. The molecule has 3 rings (SSSR count). The van der Waals surface area contributed by atoms with Crippen molar-refractivity contribution in [1.82, 2.24) is 4.57 Å². The number of unbranched alkanes of at least 4 members (excludes halogenated alkanes) is 19. The largest absolute Gasteiger partial charge is 0.261 e. The SMILES string of the molecule is CCCCCCCCCCCCCCCCCCCn1cc(CC(C)c2ccccc2)[n+](CCCCCC)c1Cc1ccccc1. The van der Waals surface area contributed by atoms with E-state index in [1.54, 1.807) is 0 Å². The minimum absolute atomic E-state index is 0.517. The molecule has 0 aliphatic carbocycles. The molecule has 0 bridgehead atoms. The molecule has 0 fully saturated rings. The van der Waals surface area contributed by atoms with E-state index < -0.39 is 0 Å². The fourth-order valence-electron chi connectivity index (χ4n) is 7.17. The van der Waals surface area contributed by atoms with E-state index in [4.69, 9.17) is 0 Å². The van der Waals surface area contributed by atoms with E-state index in [1.807, 2.05) is 0 Å². The quantitative estimate of drug-likeness (QED) is 0.0559. The molecule has 1 atom stereocenters. The molecular formula is C44H71N2+. The van der Waals surface area contributed by atoms with E-state index in [-0.39, 0.29) is 0 Å². The highest BCUT2D eigenvalue weighted by molar-refractivity contribution is 5.21. The van der Waals surface area contributed by atoms with Crippen molar-refractivity contribution in [3.63, 3.8) is 0 Å². The first kappa shape index (κ1) is 38.1. The maximum atomic E-state index is 2.72. The standard InChI is InChI=1S/C44H71N2/c1-4-6-8-10-11-12-13-14-15-16-17-18-19-20-21-22-29-35-45-39-43(37-40(3)42-33-27-24-28-34-42)46(36-30-9-7-5-2)44(45)38-41-31-25-23-26-32-41/h23-28,31-34,39-40H,4-22,29-30,35-38H2,1-3H3/q+1. The molecule has 1 heterocycles. The first-order chi connectivity index (χ1) is 22.7. The van der Waals surface area contributed by atoms with Gasteiger partial charge >= 0.3 is 0 Å². The van der Waals surface area contributed by atoms with Gasteiger partial charge in [-0.2, -0.15) is 0 Å². The minimum Gasteiger partial charge on any atom is -0.234 e. The van der Waals surface area contributed by atoms with Gasteiger partial charge in [-0.1, -0.05) is 191 Å². The molecule has 0 saturated carbocycles.